The van der Waals surface area contributed by atoms with Crippen molar-refractivity contribution >= 4 is 35.2 Å². The Labute approximate surface area is 182 Å². The van der Waals surface area contributed by atoms with Crippen molar-refractivity contribution in [1.29, 1.82) is 0 Å². The standard InChI is InChI=1S/C23H27ClN2O2S/c24-21-11-5-4-8-19(21)15-25-22(27)13-12-18-7-6-14-26(16-18)23(28)17-29-20-9-2-1-3-10-20/h1-5,8-11,18H,6-7,12-17H2,(H,25,27). The van der Waals surface area contributed by atoms with Crippen LogP contribution in [0.15, 0.2) is 59.5 Å². The fourth-order valence-electron chi connectivity index (χ4n) is 3.54. The van der Waals surface area contributed by atoms with Crippen molar-refractivity contribution in [3.63, 3.8) is 0 Å². The van der Waals surface area contributed by atoms with Crippen molar-refractivity contribution in [2.45, 2.75) is 37.1 Å². The first-order chi connectivity index (χ1) is 14.1. The Bertz CT molecular complexity index is 816. The number of benzene rings is 2. The zero-order valence-electron chi connectivity index (χ0n) is 16.5. The van der Waals surface area contributed by atoms with Gasteiger partial charge in [-0.3, -0.25) is 9.59 Å². The molecule has 2 aromatic rings. The Morgan fingerprint density at radius 3 is 2.66 bits per heavy atom. The smallest absolute Gasteiger partial charge is 0.232 e. The number of rotatable bonds is 8. The lowest BCUT2D eigenvalue weighted by Crippen LogP contribution is -2.41. The molecule has 154 valence electrons. The molecular weight excluding hydrogens is 404 g/mol. The van der Waals surface area contributed by atoms with Gasteiger partial charge in [-0.05, 0) is 48.9 Å². The first kappa shape index (κ1) is 21.7. The van der Waals surface area contributed by atoms with Crippen LogP contribution in [0.2, 0.25) is 5.02 Å². The number of hydrogen-bond donors (Lipinski definition) is 1. The maximum atomic E-state index is 12.6. The second-order valence-corrected chi connectivity index (χ2v) is 8.81. The highest BCUT2D eigenvalue weighted by molar-refractivity contribution is 8.00. The predicted octanol–water partition coefficient (Wildman–Crippen LogP) is 4.77. The first-order valence-electron chi connectivity index (χ1n) is 10.1. The molecule has 1 aliphatic heterocycles. The van der Waals surface area contributed by atoms with Gasteiger partial charge in [0.1, 0.15) is 0 Å². The van der Waals surface area contributed by atoms with Crippen LogP contribution in [0.25, 0.3) is 0 Å². The molecule has 0 saturated carbocycles. The Morgan fingerprint density at radius 2 is 1.86 bits per heavy atom. The normalized spacial score (nSPS) is 16.4. The summed E-state index contributed by atoms with van der Waals surface area (Å²) in [5.41, 5.74) is 0.924. The van der Waals surface area contributed by atoms with Crippen LogP contribution in [-0.4, -0.2) is 35.6 Å². The van der Waals surface area contributed by atoms with E-state index in [9.17, 15) is 9.59 Å². The molecule has 6 heteroatoms. The van der Waals surface area contributed by atoms with Gasteiger partial charge < -0.3 is 10.2 Å². The van der Waals surface area contributed by atoms with Gasteiger partial charge in [0.25, 0.3) is 0 Å². The molecule has 0 aliphatic carbocycles. The number of carbonyl (C=O) groups is 2. The molecule has 1 heterocycles. The summed E-state index contributed by atoms with van der Waals surface area (Å²) in [6.07, 6.45) is 3.38. The SMILES string of the molecule is O=C(CCC1CCCN(C(=O)CSc2ccccc2)C1)NCc1ccccc1Cl. The van der Waals surface area contributed by atoms with Crippen LogP contribution in [0.1, 0.15) is 31.2 Å². The molecule has 2 amide bonds. The predicted molar refractivity (Wildman–Crippen MR) is 119 cm³/mol. The molecule has 3 rings (SSSR count). The summed E-state index contributed by atoms with van der Waals surface area (Å²) in [6.45, 7) is 2.03. The van der Waals surface area contributed by atoms with Crippen molar-refractivity contribution < 1.29 is 9.59 Å². The minimum atomic E-state index is 0.0352. The molecule has 2 aromatic carbocycles. The van der Waals surface area contributed by atoms with Crippen LogP contribution < -0.4 is 5.32 Å². The lowest BCUT2D eigenvalue weighted by molar-refractivity contribution is -0.130. The largest absolute Gasteiger partial charge is 0.352 e. The fourth-order valence-corrected chi connectivity index (χ4v) is 4.56. The van der Waals surface area contributed by atoms with Gasteiger partial charge in [0.2, 0.25) is 11.8 Å². The van der Waals surface area contributed by atoms with Crippen molar-refractivity contribution in [1.82, 2.24) is 10.2 Å². The molecule has 4 nitrogen and oxygen atoms in total. The zero-order chi connectivity index (χ0) is 20.5. The number of amides is 2. The lowest BCUT2D eigenvalue weighted by atomic mass is 9.93. The van der Waals surface area contributed by atoms with Crippen LogP contribution in [0.4, 0.5) is 0 Å². The van der Waals surface area contributed by atoms with Gasteiger partial charge in [-0.1, -0.05) is 48.0 Å². The molecule has 0 spiro atoms. The maximum Gasteiger partial charge on any atom is 0.232 e. The van der Waals surface area contributed by atoms with Crippen molar-refractivity contribution in [2.75, 3.05) is 18.8 Å². The van der Waals surface area contributed by atoms with Gasteiger partial charge in [0.05, 0.1) is 5.75 Å². The van der Waals surface area contributed by atoms with Gasteiger partial charge in [-0.25, -0.2) is 0 Å². The molecular formula is C23H27ClN2O2S. The van der Waals surface area contributed by atoms with Crippen LogP contribution in [0.5, 0.6) is 0 Å². The summed E-state index contributed by atoms with van der Waals surface area (Å²) in [5.74, 6) is 1.08. The zero-order valence-corrected chi connectivity index (χ0v) is 18.1. The average molecular weight is 431 g/mol. The van der Waals surface area contributed by atoms with E-state index in [1.165, 1.54) is 0 Å². The number of piperidine rings is 1. The van der Waals surface area contributed by atoms with E-state index in [-0.39, 0.29) is 11.8 Å². The fraction of sp³-hybridized carbons (Fsp3) is 0.391. The average Bonchev–Trinajstić information content (AvgIpc) is 2.76. The Morgan fingerprint density at radius 1 is 1.10 bits per heavy atom. The van der Waals surface area contributed by atoms with Gasteiger partial charge in [-0.15, -0.1) is 11.8 Å². The van der Waals surface area contributed by atoms with Crippen molar-refractivity contribution in [2.24, 2.45) is 5.92 Å². The highest BCUT2D eigenvalue weighted by Gasteiger charge is 2.24. The van der Waals surface area contributed by atoms with E-state index in [0.717, 1.165) is 42.8 Å². The maximum absolute atomic E-state index is 12.6. The number of likely N-dealkylation sites (tertiary alicyclic amines) is 1. The molecule has 1 saturated heterocycles. The first-order valence-corrected chi connectivity index (χ1v) is 11.4. The summed E-state index contributed by atoms with van der Waals surface area (Å²) in [4.78, 5) is 27.8. The quantitative estimate of drug-likeness (QED) is 0.614. The number of hydrogen-bond acceptors (Lipinski definition) is 3. The molecule has 1 unspecified atom stereocenters. The molecule has 1 fully saturated rings. The third-order valence-electron chi connectivity index (χ3n) is 5.19. The van der Waals surface area contributed by atoms with Crippen molar-refractivity contribution in [3.8, 4) is 0 Å². The molecule has 0 aromatic heterocycles. The van der Waals surface area contributed by atoms with E-state index in [4.69, 9.17) is 11.6 Å². The molecule has 1 atom stereocenters. The Balaban J connectivity index is 1.38. The second-order valence-electron chi connectivity index (χ2n) is 7.36. The molecule has 0 bridgehead atoms. The van der Waals surface area contributed by atoms with E-state index in [2.05, 4.69) is 5.32 Å². The molecule has 0 radical (unpaired) electrons. The third kappa shape index (κ3) is 7.09. The van der Waals surface area contributed by atoms with E-state index in [1.54, 1.807) is 11.8 Å². The van der Waals surface area contributed by atoms with Crippen LogP contribution in [0, 0.1) is 5.92 Å². The highest BCUT2D eigenvalue weighted by Crippen LogP contribution is 2.23. The minimum Gasteiger partial charge on any atom is -0.352 e. The number of nitrogens with one attached hydrogen (secondary N) is 1. The second kappa shape index (κ2) is 11.3. The molecule has 1 N–H and O–H groups in total. The Hall–Kier alpha value is -1.98. The number of thioether (sulfide) groups is 1. The molecule has 29 heavy (non-hydrogen) atoms. The topological polar surface area (TPSA) is 49.4 Å². The summed E-state index contributed by atoms with van der Waals surface area (Å²) in [7, 11) is 0. The highest BCUT2D eigenvalue weighted by atomic mass is 35.5. The van der Waals surface area contributed by atoms with E-state index < -0.39 is 0 Å². The van der Waals surface area contributed by atoms with Crippen LogP contribution >= 0.6 is 23.4 Å². The van der Waals surface area contributed by atoms with Crippen LogP contribution in [-0.2, 0) is 16.1 Å². The van der Waals surface area contributed by atoms with Crippen molar-refractivity contribution in [3.05, 3.63) is 65.2 Å². The summed E-state index contributed by atoms with van der Waals surface area (Å²) in [5, 5.41) is 3.61. The van der Waals surface area contributed by atoms with E-state index in [0.29, 0.717) is 29.7 Å². The van der Waals surface area contributed by atoms with Gasteiger partial charge in [-0.2, -0.15) is 0 Å². The van der Waals surface area contributed by atoms with Crippen LogP contribution in [0.3, 0.4) is 0 Å². The molecule has 1 aliphatic rings. The number of carbonyl (C=O) groups excluding carboxylic acids is 2. The van der Waals surface area contributed by atoms with Gasteiger partial charge in [0, 0.05) is 36.0 Å². The monoisotopic (exact) mass is 430 g/mol. The third-order valence-corrected chi connectivity index (χ3v) is 6.56. The van der Waals surface area contributed by atoms with Gasteiger partial charge >= 0.3 is 0 Å². The van der Waals surface area contributed by atoms with E-state index >= 15 is 0 Å². The summed E-state index contributed by atoms with van der Waals surface area (Å²) < 4.78 is 0. The Kier molecular flexibility index (Phi) is 8.44. The number of nitrogens with zero attached hydrogens (tertiary/aromatic N) is 1. The minimum absolute atomic E-state index is 0.0352. The summed E-state index contributed by atoms with van der Waals surface area (Å²) in [6, 6.07) is 17.5. The van der Waals surface area contributed by atoms with Gasteiger partial charge in [0.15, 0.2) is 0 Å². The number of halogens is 1. The lowest BCUT2D eigenvalue weighted by Gasteiger charge is -2.32. The van der Waals surface area contributed by atoms with E-state index in [1.807, 2.05) is 59.5 Å². The summed E-state index contributed by atoms with van der Waals surface area (Å²) >= 11 is 7.71.